The lowest BCUT2D eigenvalue weighted by atomic mass is 10.4. The van der Waals surface area contributed by atoms with E-state index in [4.69, 9.17) is 4.84 Å². The summed E-state index contributed by atoms with van der Waals surface area (Å²) in [6, 6.07) is 7.48. The first-order valence-electron chi connectivity index (χ1n) is 4.67. The fraction of sp³-hybridized carbons (Fsp3) is 0.0909. The van der Waals surface area contributed by atoms with Crippen LogP contribution in [0.4, 0.5) is 4.39 Å². The van der Waals surface area contributed by atoms with Gasteiger partial charge in [-0.15, -0.1) is 0 Å². The second-order valence-electron chi connectivity index (χ2n) is 3.11. The fourth-order valence-electron chi connectivity index (χ4n) is 1.15. The normalized spacial score (nSPS) is 10.1. The maximum Gasteiger partial charge on any atom is 0.282 e. The zero-order chi connectivity index (χ0) is 11.4. The summed E-state index contributed by atoms with van der Waals surface area (Å²) in [5, 5.41) is 0. The maximum absolute atomic E-state index is 12.6. The van der Waals surface area contributed by atoms with Gasteiger partial charge in [-0.25, -0.2) is 4.39 Å². The van der Waals surface area contributed by atoms with E-state index in [1.165, 1.54) is 24.4 Å². The zero-order valence-electron chi connectivity index (χ0n) is 8.34. The highest BCUT2D eigenvalue weighted by Gasteiger charge is 1.98. The first-order chi connectivity index (χ1) is 7.75. The standard InChI is InChI=1S/C11H9FN2O2/c12-9-4-5-10(13-7-9)8-16-14-6-2-1-3-11(14)15/h1-7H,8H2. The molecule has 0 unspecified atom stereocenters. The van der Waals surface area contributed by atoms with Crippen LogP contribution in [0.2, 0.25) is 0 Å². The van der Waals surface area contributed by atoms with Crippen molar-refractivity contribution in [3.8, 4) is 0 Å². The minimum atomic E-state index is -0.402. The molecule has 4 nitrogen and oxygen atoms in total. The van der Waals surface area contributed by atoms with Crippen molar-refractivity contribution < 1.29 is 9.23 Å². The van der Waals surface area contributed by atoms with Crippen molar-refractivity contribution >= 4 is 0 Å². The van der Waals surface area contributed by atoms with E-state index in [1.807, 2.05) is 0 Å². The Hall–Kier alpha value is -2.17. The Bertz CT molecular complexity index is 522. The number of halogens is 1. The Morgan fingerprint density at radius 2 is 2.19 bits per heavy atom. The molecule has 16 heavy (non-hydrogen) atoms. The highest BCUT2D eigenvalue weighted by atomic mass is 19.1. The van der Waals surface area contributed by atoms with Crippen molar-refractivity contribution in [2.24, 2.45) is 0 Å². The highest BCUT2D eigenvalue weighted by molar-refractivity contribution is 5.04. The zero-order valence-corrected chi connectivity index (χ0v) is 8.34. The second-order valence-corrected chi connectivity index (χ2v) is 3.11. The van der Waals surface area contributed by atoms with E-state index >= 15 is 0 Å². The SMILES string of the molecule is O=c1ccccn1OCc1ccc(F)cn1. The Kier molecular flexibility index (Phi) is 2.95. The van der Waals surface area contributed by atoms with Crippen LogP contribution < -0.4 is 10.4 Å². The van der Waals surface area contributed by atoms with Crippen LogP contribution in [0.15, 0.2) is 47.5 Å². The van der Waals surface area contributed by atoms with E-state index in [-0.39, 0.29) is 12.2 Å². The summed E-state index contributed by atoms with van der Waals surface area (Å²) >= 11 is 0. The molecule has 0 aliphatic heterocycles. The van der Waals surface area contributed by atoms with E-state index in [0.717, 1.165) is 10.9 Å². The molecule has 2 rings (SSSR count). The number of hydrogen-bond acceptors (Lipinski definition) is 3. The molecule has 0 N–H and O–H groups in total. The van der Waals surface area contributed by atoms with Crippen molar-refractivity contribution in [3.05, 3.63) is 64.6 Å². The molecule has 0 atom stereocenters. The lowest BCUT2D eigenvalue weighted by Gasteiger charge is -2.06. The molecule has 0 bridgehead atoms. The molecule has 2 aromatic rings. The molecule has 0 aliphatic rings. The summed E-state index contributed by atoms with van der Waals surface area (Å²) in [5.41, 5.74) is 0.293. The summed E-state index contributed by atoms with van der Waals surface area (Å²) in [6.07, 6.45) is 2.61. The molecule has 0 amide bonds. The smallest absolute Gasteiger partial charge is 0.282 e. The van der Waals surface area contributed by atoms with Gasteiger partial charge in [-0.2, -0.15) is 4.73 Å². The van der Waals surface area contributed by atoms with Crippen LogP contribution in [0.1, 0.15) is 5.69 Å². The first kappa shape index (κ1) is 10.4. The third-order valence-electron chi connectivity index (χ3n) is 1.93. The van der Waals surface area contributed by atoms with Crippen molar-refractivity contribution in [1.29, 1.82) is 0 Å². The summed E-state index contributed by atoms with van der Waals surface area (Å²) in [6.45, 7) is 0.115. The molecule has 0 spiro atoms. The van der Waals surface area contributed by atoms with Gasteiger partial charge in [-0.05, 0) is 18.2 Å². The Morgan fingerprint density at radius 1 is 1.31 bits per heavy atom. The van der Waals surface area contributed by atoms with Crippen LogP contribution in [0.3, 0.4) is 0 Å². The quantitative estimate of drug-likeness (QED) is 0.775. The first-order valence-corrected chi connectivity index (χ1v) is 4.67. The summed E-state index contributed by atoms with van der Waals surface area (Å²) < 4.78 is 13.7. The monoisotopic (exact) mass is 220 g/mol. The predicted molar refractivity (Wildman–Crippen MR) is 55.2 cm³/mol. The Labute approximate surface area is 90.9 Å². The average molecular weight is 220 g/mol. The van der Waals surface area contributed by atoms with Crippen molar-refractivity contribution in [1.82, 2.24) is 9.71 Å². The number of rotatable bonds is 3. The largest absolute Gasteiger partial charge is 0.404 e. The predicted octanol–water partition coefficient (Wildman–Crippen LogP) is 1.01. The number of aromatic nitrogens is 2. The number of hydrogen-bond donors (Lipinski definition) is 0. The fourth-order valence-corrected chi connectivity index (χ4v) is 1.15. The minimum Gasteiger partial charge on any atom is -0.404 e. The minimum absolute atomic E-state index is 0.115. The van der Waals surface area contributed by atoms with Crippen LogP contribution >= 0.6 is 0 Å². The molecule has 0 radical (unpaired) electrons. The van der Waals surface area contributed by atoms with Gasteiger partial charge in [0.15, 0.2) is 6.61 Å². The molecule has 0 fully saturated rings. The summed E-state index contributed by atoms with van der Waals surface area (Å²) in [7, 11) is 0. The van der Waals surface area contributed by atoms with Gasteiger partial charge in [0.2, 0.25) is 0 Å². The van der Waals surface area contributed by atoms with Gasteiger partial charge in [0.05, 0.1) is 11.9 Å². The third-order valence-corrected chi connectivity index (χ3v) is 1.93. The lowest BCUT2D eigenvalue weighted by molar-refractivity contribution is 0.0869. The molecule has 0 aliphatic carbocycles. The van der Waals surface area contributed by atoms with Gasteiger partial charge in [-0.3, -0.25) is 9.78 Å². The van der Waals surface area contributed by atoms with Crippen molar-refractivity contribution in [3.63, 3.8) is 0 Å². The number of pyridine rings is 2. The summed E-state index contributed by atoms with van der Waals surface area (Å²) in [4.78, 5) is 20.2. The van der Waals surface area contributed by atoms with Crippen LogP contribution in [-0.4, -0.2) is 9.71 Å². The summed E-state index contributed by atoms with van der Waals surface area (Å²) in [5.74, 6) is -0.402. The molecule has 82 valence electrons. The van der Waals surface area contributed by atoms with Gasteiger partial charge < -0.3 is 4.84 Å². The van der Waals surface area contributed by atoms with E-state index < -0.39 is 5.82 Å². The Balaban J connectivity index is 2.05. The van der Waals surface area contributed by atoms with Crippen molar-refractivity contribution in [2.75, 3.05) is 0 Å². The third kappa shape index (κ3) is 2.44. The van der Waals surface area contributed by atoms with Gasteiger partial charge in [0, 0.05) is 12.3 Å². The van der Waals surface area contributed by atoms with E-state index in [0.29, 0.717) is 5.69 Å². The Morgan fingerprint density at radius 3 is 2.88 bits per heavy atom. The van der Waals surface area contributed by atoms with Gasteiger partial charge in [0.25, 0.3) is 5.56 Å². The highest BCUT2D eigenvalue weighted by Crippen LogP contribution is 1.98. The topological polar surface area (TPSA) is 44.1 Å². The number of nitrogens with zero attached hydrogens (tertiary/aromatic N) is 2. The van der Waals surface area contributed by atoms with E-state index in [9.17, 15) is 9.18 Å². The second kappa shape index (κ2) is 4.57. The molecule has 0 aromatic carbocycles. The molecular weight excluding hydrogens is 211 g/mol. The molecular formula is C11H9FN2O2. The lowest BCUT2D eigenvalue weighted by Crippen LogP contribution is -2.25. The molecule has 5 heteroatoms. The van der Waals surface area contributed by atoms with Crippen LogP contribution in [0.5, 0.6) is 0 Å². The molecule has 0 saturated heterocycles. The van der Waals surface area contributed by atoms with Crippen LogP contribution in [0.25, 0.3) is 0 Å². The molecule has 2 aromatic heterocycles. The average Bonchev–Trinajstić information content (AvgIpc) is 2.30. The molecule has 2 heterocycles. The van der Waals surface area contributed by atoms with Gasteiger partial charge in [0.1, 0.15) is 5.82 Å². The molecule has 0 saturated carbocycles. The van der Waals surface area contributed by atoms with E-state index in [1.54, 1.807) is 12.1 Å². The van der Waals surface area contributed by atoms with Crippen LogP contribution in [0, 0.1) is 5.82 Å². The van der Waals surface area contributed by atoms with Gasteiger partial charge >= 0.3 is 0 Å². The van der Waals surface area contributed by atoms with E-state index in [2.05, 4.69) is 4.98 Å². The maximum atomic E-state index is 12.6. The van der Waals surface area contributed by atoms with Gasteiger partial charge in [-0.1, -0.05) is 6.07 Å². The van der Waals surface area contributed by atoms with Crippen molar-refractivity contribution in [2.45, 2.75) is 6.61 Å². The van der Waals surface area contributed by atoms with Crippen LogP contribution in [-0.2, 0) is 6.61 Å².